The molecule has 0 aromatic heterocycles. The summed E-state index contributed by atoms with van der Waals surface area (Å²) in [5.41, 5.74) is 22.2. The quantitative estimate of drug-likeness (QED) is 0.0520. The number of hydrogen-bond donors (Lipinski definition) is 9. The first-order valence-corrected chi connectivity index (χ1v) is 11.8. The van der Waals surface area contributed by atoms with Crippen molar-refractivity contribution in [1.29, 1.82) is 0 Å². The van der Waals surface area contributed by atoms with Gasteiger partial charge in [-0.25, -0.2) is 4.79 Å². The van der Waals surface area contributed by atoms with E-state index in [9.17, 15) is 39.0 Å². The molecular weight excluding hydrogens is 516 g/mol. The molecule has 0 bridgehead atoms. The van der Waals surface area contributed by atoms with Gasteiger partial charge in [0, 0.05) is 6.54 Å². The van der Waals surface area contributed by atoms with E-state index in [4.69, 9.17) is 22.9 Å². The van der Waals surface area contributed by atoms with Crippen molar-refractivity contribution in [2.24, 2.45) is 27.9 Å². The second-order valence-corrected chi connectivity index (χ2v) is 8.54. The lowest BCUT2D eigenvalue weighted by atomic mass is 10.0. The van der Waals surface area contributed by atoms with Crippen LogP contribution in [-0.4, -0.2) is 82.5 Å². The van der Waals surface area contributed by atoms with Crippen LogP contribution >= 0.6 is 0 Å². The lowest BCUT2D eigenvalue weighted by Crippen LogP contribution is -2.58. The number of hydrogen-bond acceptors (Lipinski definition) is 8. The van der Waals surface area contributed by atoms with E-state index >= 15 is 0 Å². The number of carboxylic acids is 2. The molecule has 39 heavy (non-hydrogen) atoms. The molecule has 0 saturated heterocycles. The Morgan fingerprint density at radius 3 is 1.85 bits per heavy atom. The third-order valence-corrected chi connectivity index (χ3v) is 5.25. The van der Waals surface area contributed by atoms with E-state index < -0.39 is 72.6 Å². The Balaban J connectivity index is 2.95. The van der Waals surface area contributed by atoms with Gasteiger partial charge in [-0.15, -0.1) is 0 Å². The van der Waals surface area contributed by atoms with Crippen LogP contribution in [0.5, 0.6) is 0 Å². The summed E-state index contributed by atoms with van der Waals surface area (Å²) in [6.07, 6.45) is -1.42. The van der Waals surface area contributed by atoms with Gasteiger partial charge in [0.2, 0.25) is 23.6 Å². The zero-order chi connectivity index (χ0) is 29.5. The van der Waals surface area contributed by atoms with Crippen LogP contribution in [0.2, 0.25) is 0 Å². The fraction of sp³-hybridized carbons (Fsp3) is 0.435. The number of benzene rings is 1. The molecule has 0 aliphatic heterocycles. The van der Waals surface area contributed by atoms with Gasteiger partial charge < -0.3 is 49.1 Å². The number of rotatable bonds is 17. The van der Waals surface area contributed by atoms with Crippen LogP contribution in [0.3, 0.4) is 0 Å². The van der Waals surface area contributed by atoms with Crippen molar-refractivity contribution in [2.75, 3.05) is 6.54 Å². The summed E-state index contributed by atoms with van der Waals surface area (Å²) in [6.45, 7) is 0.0897. The van der Waals surface area contributed by atoms with Gasteiger partial charge in [-0.2, -0.15) is 0 Å². The molecule has 4 amide bonds. The molecule has 13 N–H and O–H groups in total. The molecule has 4 atom stereocenters. The van der Waals surface area contributed by atoms with Crippen LogP contribution in [0.1, 0.15) is 31.2 Å². The third-order valence-electron chi connectivity index (χ3n) is 5.25. The van der Waals surface area contributed by atoms with Gasteiger partial charge in [0.05, 0.1) is 18.9 Å². The molecule has 0 saturated carbocycles. The molecule has 0 aliphatic carbocycles. The van der Waals surface area contributed by atoms with E-state index in [0.29, 0.717) is 0 Å². The van der Waals surface area contributed by atoms with Crippen molar-refractivity contribution in [1.82, 2.24) is 16.0 Å². The number of amides is 4. The summed E-state index contributed by atoms with van der Waals surface area (Å²) in [4.78, 5) is 76.4. The van der Waals surface area contributed by atoms with Gasteiger partial charge in [0.25, 0.3) is 0 Å². The van der Waals surface area contributed by atoms with E-state index in [0.717, 1.165) is 5.56 Å². The normalized spacial score (nSPS) is 13.6. The van der Waals surface area contributed by atoms with Crippen molar-refractivity contribution in [3.8, 4) is 0 Å². The summed E-state index contributed by atoms with van der Waals surface area (Å²) in [5.74, 6) is -7.09. The van der Waals surface area contributed by atoms with Crippen LogP contribution in [0, 0.1) is 0 Å². The zero-order valence-electron chi connectivity index (χ0n) is 21.0. The number of aliphatic imine (C=N–C) groups is 1. The molecule has 0 fully saturated rings. The smallest absolute Gasteiger partial charge is 0.326 e. The van der Waals surface area contributed by atoms with Crippen LogP contribution in [0.4, 0.5) is 0 Å². The van der Waals surface area contributed by atoms with Crippen LogP contribution in [0.25, 0.3) is 0 Å². The monoisotopic (exact) mass is 550 g/mol. The minimum absolute atomic E-state index is 0.0897. The number of primary amides is 1. The van der Waals surface area contributed by atoms with Gasteiger partial charge in [-0.05, 0) is 24.8 Å². The molecule has 214 valence electrons. The van der Waals surface area contributed by atoms with Crippen molar-refractivity contribution in [3.05, 3.63) is 35.9 Å². The Morgan fingerprint density at radius 1 is 0.795 bits per heavy atom. The summed E-state index contributed by atoms with van der Waals surface area (Å²) < 4.78 is 0. The highest BCUT2D eigenvalue weighted by Crippen LogP contribution is 2.05. The number of nitrogens with two attached hydrogens (primary N) is 4. The molecule has 4 unspecified atom stereocenters. The minimum Gasteiger partial charge on any atom is -0.481 e. The molecule has 1 aromatic rings. The van der Waals surface area contributed by atoms with Gasteiger partial charge >= 0.3 is 11.9 Å². The summed E-state index contributed by atoms with van der Waals surface area (Å²) >= 11 is 0. The zero-order valence-corrected chi connectivity index (χ0v) is 21.0. The van der Waals surface area contributed by atoms with Crippen molar-refractivity contribution in [2.45, 2.75) is 56.3 Å². The SMILES string of the molecule is NC(=O)CC(NC(=O)C(CC(=O)O)NC(=O)C(N)Cc1ccccc1)C(=O)NC(CCCN=C(N)N)C(=O)O. The Bertz CT molecular complexity index is 1060. The van der Waals surface area contributed by atoms with E-state index in [2.05, 4.69) is 20.9 Å². The first-order valence-electron chi connectivity index (χ1n) is 11.8. The Morgan fingerprint density at radius 2 is 1.33 bits per heavy atom. The topological polar surface area (TPSA) is 295 Å². The van der Waals surface area contributed by atoms with Gasteiger partial charge in [-0.3, -0.25) is 29.0 Å². The predicted molar refractivity (Wildman–Crippen MR) is 138 cm³/mol. The fourth-order valence-electron chi connectivity index (χ4n) is 3.34. The van der Waals surface area contributed by atoms with E-state index in [-0.39, 0.29) is 31.8 Å². The Labute approximate surface area is 223 Å². The van der Waals surface area contributed by atoms with E-state index in [1.807, 2.05) is 0 Å². The lowest BCUT2D eigenvalue weighted by molar-refractivity contribution is -0.143. The average molecular weight is 551 g/mol. The number of carbonyl (C=O) groups is 6. The Kier molecular flexibility index (Phi) is 13.4. The number of aliphatic carboxylic acids is 2. The molecule has 0 radical (unpaired) electrons. The third kappa shape index (κ3) is 12.9. The number of carboxylic acid groups (broad SMARTS) is 2. The average Bonchev–Trinajstić information content (AvgIpc) is 2.84. The largest absolute Gasteiger partial charge is 0.481 e. The van der Waals surface area contributed by atoms with Crippen LogP contribution in [-0.2, 0) is 35.2 Å². The van der Waals surface area contributed by atoms with Crippen molar-refractivity contribution in [3.63, 3.8) is 0 Å². The highest BCUT2D eigenvalue weighted by molar-refractivity contribution is 5.97. The molecule has 0 aliphatic rings. The summed E-state index contributed by atoms with van der Waals surface area (Å²) in [5, 5.41) is 25.2. The first-order chi connectivity index (χ1) is 18.3. The van der Waals surface area contributed by atoms with Crippen LogP contribution in [0.15, 0.2) is 35.3 Å². The van der Waals surface area contributed by atoms with Crippen molar-refractivity contribution >= 4 is 41.5 Å². The molecular formula is C23H34N8O8. The van der Waals surface area contributed by atoms with Crippen molar-refractivity contribution < 1.29 is 39.0 Å². The second-order valence-electron chi connectivity index (χ2n) is 8.54. The van der Waals surface area contributed by atoms with Crippen LogP contribution < -0.4 is 38.9 Å². The molecule has 0 heterocycles. The number of guanidine groups is 1. The maximum Gasteiger partial charge on any atom is 0.326 e. The van der Waals surface area contributed by atoms with Gasteiger partial charge in [0.15, 0.2) is 5.96 Å². The maximum absolute atomic E-state index is 12.9. The van der Waals surface area contributed by atoms with E-state index in [1.54, 1.807) is 30.3 Å². The molecule has 1 rings (SSSR count). The molecule has 0 spiro atoms. The molecule has 1 aromatic carbocycles. The predicted octanol–water partition coefficient (Wildman–Crippen LogP) is -3.50. The fourth-order valence-corrected chi connectivity index (χ4v) is 3.34. The highest BCUT2D eigenvalue weighted by Gasteiger charge is 2.32. The number of nitrogens with one attached hydrogen (secondary N) is 3. The molecule has 16 nitrogen and oxygen atoms in total. The lowest BCUT2D eigenvalue weighted by Gasteiger charge is -2.24. The summed E-state index contributed by atoms with van der Waals surface area (Å²) in [7, 11) is 0. The number of carbonyl (C=O) groups excluding carboxylic acids is 4. The highest BCUT2D eigenvalue weighted by atomic mass is 16.4. The van der Waals surface area contributed by atoms with E-state index in [1.165, 1.54) is 0 Å². The van der Waals surface area contributed by atoms with Gasteiger partial charge in [0.1, 0.15) is 18.1 Å². The maximum atomic E-state index is 12.9. The standard InChI is InChI=1S/C23H34N8O8/c24-13(9-12-5-2-1-3-6-12)19(35)30-16(11-18(33)34)21(37)31-15(10-17(25)32)20(36)29-14(22(38)39)7-4-8-28-23(26)27/h1-3,5-6,13-16H,4,7-11,24H2,(H2,25,32)(H,29,36)(H,30,35)(H,31,37)(H,33,34)(H,38,39)(H4,26,27,28). The second kappa shape index (κ2) is 16.2. The first kappa shape index (κ1) is 32.3. The van der Waals surface area contributed by atoms with Gasteiger partial charge in [-0.1, -0.05) is 30.3 Å². The summed E-state index contributed by atoms with van der Waals surface area (Å²) in [6, 6.07) is 2.82. The molecule has 16 heteroatoms. The Hall–Kier alpha value is -4.73. The number of nitrogens with zero attached hydrogens (tertiary/aromatic N) is 1. The minimum atomic E-state index is -1.67.